The van der Waals surface area contributed by atoms with Gasteiger partial charge in [0.1, 0.15) is 16.5 Å². The molecule has 2 amide bonds. The molecule has 3 aromatic rings. The van der Waals surface area contributed by atoms with Gasteiger partial charge in [-0.25, -0.2) is 15.0 Å². The first-order chi connectivity index (χ1) is 19.7. The van der Waals surface area contributed by atoms with Crippen molar-refractivity contribution in [1.29, 1.82) is 0 Å². The maximum atomic E-state index is 12.7. The van der Waals surface area contributed by atoms with Gasteiger partial charge in [0.05, 0.1) is 31.1 Å². The fourth-order valence-corrected chi connectivity index (χ4v) is 6.00. The van der Waals surface area contributed by atoms with Crippen molar-refractivity contribution < 1.29 is 33.4 Å². The molecule has 2 N–H and O–H groups in total. The second-order valence-corrected chi connectivity index (χ2v) is 11.3. The van der Waals surface area contributed by atoms with E-state index in [1.165, 1.54) is 24.7 Å². The molecule has 0 fully saturated rings. The van der Waals surface area contributed by atoms with Crippen LogP contribution in [0.1, 0.15) is 57.0 Å². The van der Waals surface area contributed by atoms with Crippen LogP contribution in [-0.2, 0) is 27.2 Å². The van der Waals surface area contributed by atoms with Crippen LogP contribution in [0.4, 0.5) is 5.00 Å². The highest BCUT2D eigenvalue weighted by Crippen LogP contribution is 2.40. The molecule has 0 spiro atoms. The van der Waals surface area contributed by atoms with Crippen LogP contribution in [0, 0.1) is 5.92 Å². The molecule has 1 heterocycles. The average molecular weight is 643 g/mol. The standard InChI is InChI=1S/C29H28BrN3O7S/c1-4-39-29(37)24-21-11-5-16(2)13-23(21)41-27(24)32-25(34)26(35)33-31-15-18-14-19(30)8-12-22(18)40-28(36)17-6-9-20(38-3)10-7-17/h6-10,12,14-16H,4-5,11,13H2,1-3H3,(H,32,34)(H,33,35)/b31-15+. The first kappa shape index (κ1) is 29.9. The number of nitrogens with one attached hydrogen (secondary N) is 2. The molecule has 1 aliphatic carbocycles. The number of carbonyl (C=O) groups excluding carboxylic acids is 4. The number of benzene rings is 2. The fraction of sp³-hybridized carbons (Fsp3) is 0.276. The van der Waals surface area contributed by atoms with E-state index in [-0.39, 0.29) is 17.4 Å². The Kier molecular flexibility index (Phi) is 9.90. The third-order valence-corrected chi connectivity index (χ3v) is 7.96. The van der Waals surface area contributed by atoms with Gasteiger partial charge in [0.2, 0.25) is 0 Å². The van der Waals surface area contributed by atoms with Crippen LogP contribution in [-0.4, -0.2) is 43.7 Å². The van der Waals surface area contributed by atoms with Gasteiger partial charge in [-0.05, 0) is 80.1 Å². The number of hydrazone groups is 1. The van der Waals surface area contributed by atoms with Crippen molar-refractivity contribution in [2.24, 2.45) is 11.0 Å². The summed E-state index contributed by atoms with van der Waals surface area (Å²) in [5.74, 6) is -1.91. The maximum Gasteiger partial charge on any atom is 0.343 e. The maximum absolute atomic E-state index is 12.7. The smallest absolute Gasteiger partial charge is 0.343 e. The number of hydrogen-bond acceptors (Lipinski definition) is 9. The van der Waals surface area contributed by atoms with E-state index in [2.05, 4.69) is 38.7 Å². The first-order valence-electron chi connectivity index (χ1n) is 12.8. The largest absolute Gasteiger partial charge is 0.497 e. The monoisotopic (exact) mass is 641 g/mol. The summed E-state index contributed by atoms with van der Waals surface area (Å²) in [6, 6.07) is 11.3. The van der Waals surface area contributed by atoms with Gasteiger partial charge in [-0.15, -0.1) is 11.3 Å². The first-order valence-corrected chi connectivity index (χ1v) is 14.4. The van der Waals surface area contributed by atoms with Gasteiger partial charge in [-0.3, -0.25) is 9.59 Å². The zero-order chi connectivity index (χ0) is 29.5. The lowest BCUT2D eigenvalue weighted by molar-refractivity contribution is -0.136. The van der Waals surface area contributed by atoms with Crippen LogP contribution in [0.5, 0.6) is 11.5 Å². The molecule has 214 valence electrons. The zero-order valence-electron chi connectivity index (χ0n) is 22.6. The molecule has 41 heavy (non-hydrogen) atoms. The van der Waals surface area contributed by atoms with Crippen molar-refractivity contribution in [2.45, 2.75) is 33.1 Å². The summed E-state index contributed by atoms with van der Waals surface area (Å²) >= 11 is 4.64. The van der Waals surface area contributed by atoms with Crippen LogP contribution >= 0.6 is 27.3 Å². The summed E-state index contributed by atoms with van der Waals surface area (Å²) in [5, 5.41) is 6.70. The van der Waals surface area contributed by atoms with E-state index in [1.54, 1.807) is 49.4 Å². The number of thiophene rings is 1. The number of ether oxygens (including phenoxy) is 3. The van der Waals surface area contributed by atoms with Crippen molar-refractivity contribution in [1.82, 2.24) is 5.43 Å². The average Bonchev–Trinajstić information content (AvgIpc) is 3.31. The Morgan fingerprint density at radius 1 is 1.10 bits per heavy atom. The molecule has 2 aromatic carbocycles. The Morgan fingerprint density at radius 2 is 1.85 bits per heavy atom. The topological polar surface area (TPSA) is 132 Å². The van der Waals surface area contributed by atoms with Crippen LogP contribution in [0.15, 0.2) is 52.0 Å². The number of anilines is 1. The Morgan fingerprint density at radius 3 is 2.56 bits per heavy atom. The van der Waals surface area contributed by atoms with E-state index in [0.29, 0.717) is 39.3 Å². The molecular weight excluding hydrogens is 614 g/mol. The van der Waals surface area contributed by atoms with Gasteiger partial charge in [-0.2, -0.15) is 5.10 Å². The van der Waals surface area contributed by atoms with Crippen LogP contribution in [0.3, 0.4) is 0 Å². The number of carbonyl (C=O) groups is 4. The van der Waals surface area contributed by atoms with Crippen LogP contribution < -0.4 is 20.2 Å². The van der Waals surface area contributed by atoms with Gasteiger partial charge in [-0.1, -0.05) is 22.9 Å². The quantitative estimate of drug-likeness (QED) is 0.115. The van der Waals surface area contributed by atoms with Gasteiger partial charge in [0.25, 0.3) is 0 Å². The number of methoxy groups -OCH3 is 1. The number of esters is 2. The van der Waals surface area contributed by atoms with Crippen molar-refractivity contribution in [3.63, 3.8) is 0 Å². The summed E-state index contributed by atoms with van der Waals surface area (Å²) in [7, 11) is 1.53. The van der Waals surface area contributed by atoms with E-state index >= 15 is 0 Å². The lowest BCUT2D eigenvalue weighted by Gasteiger charge is -2.18. The summed E-state index contributed by atoms with van der Waals surface area (Å²) in [4.78, 5) is 51.6. The minimum absolute atomic E-state index is 0.189. The molecule has 12 heteroatoms. The van der Waals surface area contributed by atoms with Gasteiger partial charge in [0, 0.05) is 14.9 Å². The predicted octanol–water partition coefficient (Wildman–Crippen LogP) is 5.13. The molecule has 0 saturated carbocycles. The Hall–Kier alpha value is -4.03. The molecule has 0 aliphatic heterocycles. The third kappa shape index (κ3) is 7.39. The van der Waals surface area contributed by atoms with Gasteiger partial charge >= 0.3 is 23.8 Å². The number of nitrogens with zero attached hydrogens (tertiary/aromatic N) is 1. The Balaban J connectivity index is 1.44. The number of hydrogen-bond donors (Lipinski definition) is 2. The molecule has 0 saturated heterocycles. The molecule has 0 bridgehead atoms. The van der Waals surface area contributed by atoms with Crippen LogP contribution in [0.25, 0.3) is 0 Å². The van der Waals surface area contributed by atoms with Crippen LogP contribution in [0.2, 0.25) is 0 Å². The molecule has 1 atom stereocenters. The Bertz CT molecular complexity index is 1500. The number of fused-ring (bicyclic) bond motifs is 1. The highest BCUT2D eigenvalue weighted by atomic mass is 79.9. The third-order valence-electron chi connectivity index (χ3n) is 6.29. The van der Waals surface area contributed by atoms with E-state index < -0.39 is 23.8 Å². The number of amides is 2. The summed E-state index contributed by atoms with van der Waals surface area (Å²) in [6.45, 7) is 4.03. The minimum Gasteiger partial charge on any atom is -0.497 e. The summed E-state index contributed by atoms with van der Waals surface area (Å²) in [5.41, 5.74) is 4.03. The predicted molar refractivity (Wildman–Crippen MR) is 158 cm³/mol. The molecule has 0 radical (unpaired) electrons. The molecule has 1 aromatic heterocycles. The summed E-state index contributed by atoms with van der Waals surface area (Å²) < 4.78 is 16.5. The minimum atomic E-state index is -1.04. The van der Waals surface area contributed by atoms with E-state index in [4.69, 9.17) is 14.2 Å². The second-order valence-electron chi connectivity index (χ2n) is 9.23. The van der Waals surface area contributed by atoms with Crippen molar-refractivity contribution in [2.75, 3.05) is 19.0 Å². The fourth-order valence-electron chi connectivity index (χ4n) is 4.23. The zero-order valence-corrected chi connectivity index (χ0v) is 25.0. The van der Waals surface area contributed by atoms with Crippen molar-refractivity contribution >= 4 is 62.2 Å². The summed E-state index contributed by atoms with van der Waals surface area (Å²) in [6.07, 6.45) is 3.66. The molecule has 1 unspecified atom stereocenters. The number of rotatable bonds is 8. The molecule has 10 nitrogen and oxygen atoms in total. The lowest BCUT2D eigenvalue weighted by atomic mass is 9.88. The SMILES string of the molecule is CCOC(=O)c1c(NC(=O)C(=O)N/N=C/c2cc(Br)ccc2OC(=O)c2ccc(OC)cc2)sc2c1CCC(C)C2. The molecule has 1 aliphatic rings. The molecule has 4 rings (SSSR count). The molecular formula is C29H28BrN3O7S. The van der Waals surface area contributed by atoms with Gasteiger partial charge < -0.3 is 19.5 Å². The van der Waals surface area contributed by atoms with E-state index in [0.717, 1.165) is 23.3 Å². The van der Waals surface area contributed by atoms with Crippen molar-refractivity contribution in [3.8, 4) is 11.5 Å². The van der Waals surface area contributed by atoms with E-state index in [1.807, 2.05) is 0 Å². The highest BCUT2D eigenvalue weighted by molar-refractivity contribution is 9.10. The Labute approximate surface area is 249 Å². The van der Waals surface area contributed by atoms with Crippen molar-refractivity contribution in [3.05, 3.63) is 74.1 Å². The van der Waals surface area contributed by atoms with E-state index in [9.17, 15) is 19.2 Å². The lowest BCUT2D eigenvalue weighted by Crippen LogP contribution is -2.32. The van der Waals surface area contributed by atoms with Gasteiger partial charge in [0.15, 0.2) is 0 Å². The second kappa shape index (κ2) is 13.6. The number of halogens is 1. The normalized spacial score (nSPS) is 14.2. The highest BCUT2D eigenvalue weighted by Gasteiger charge is 2.30.